The van der Waals surface area contributed by atoms with Gasteiger partial charge in [-0.05, 0) is 30.9 Å². The Kier molecular flexibility index (Phi) is 4.66. The van der Waals surface area contributed by atoms with Crippen molar-refractivity contribution in [2.24, 2.45) is 11.0 Å². The molecule has 0 aromatic carbocycles. The molecular formula is C16H20N4O3. The molecule has 1 aromatic heterocycles. The smallest absolute Gasteiger partial charge is 0.267 e. The molecule has 7 nitrogen and oxygen atoms in total. The molecule has 1 aromatic rings. The number of rotatable bonds is 5. The zero-order chi connectivity index (χ0) is 16.2. The summed E-state index contributed by atoms with van der Waals surface area (Å²) in [5.41, 5.74) is 3.58. The second-order valence-corrected chi connectivity index (χ2v) is 6.08. The number of hydrogen-bond acceptors (Lipinski definition) is 5. The van der Waals surface area contributed by atoms with Crippen LogP contribution >= 0.6 is 0 Å². The summed E-state index contributed by atoms with van der Waals surface area (Å²) in [6, 6.07) is 5.59. The van der Waals surface area contributed by atoms with E-state index in [1.165, 1.54) is 0 Å². The first-order chi connectivity index (χ1) is 11.1. The summed E-state index contributed by atoms with van der Waals surface area (Å²) in [4.78, 5) is 27.8. The Labute approximate surface area is 134 Å². The predicted octanol–water partition coefficient (Wildman–Crippen LogP) is 0.146. The van der Waals surface area contributed by atoms with Gasteiger partial charge in [0.2, 0.25) is 5.91 Å². The second kappa shape index (κ2) is 6.87. The highest BCUT2D eigenvalue weighted by Gasteiger charge is 2.35. The highest BCUT2D eigenvalue weighted by Crippen LogP contribution is 2.31. The van der Waals surface area contributed by atoms with Gasteiger partial charge in [-0.3, -0.25) is 14.6 Å². The number of nitrogens with zero attached hydrogens (tertiary/aromatic N) is 2. The Morgan fingerprint density at radius 3 is 2.83 bits per heavy atom. The van der Waals surface area contributed by atoms with Gasteiger partial charge in [0.05, 0.1) is 6.10 Å². The molecule has 1 unspecified atom stereocenters. The van der Waals surface area contributed by atoms with Crippen LogP contribution < -0.4 is 10.7 Å². The molecule has 0 radical (unpaired) electrons. The number of amides is 2. The molecule has 0 spiro atoms. The summed E-state index contributed by atoms with van der Waals surface area (Å²) in [5.74, 6) is -0.198. The van der Waals surface area contributed by atoms with E-state index in [2.05, 4.69) is 20.8 Å². The number of hydrogen-bond donors (Lipinski definition) is 3. The van der Waals surface area contributed by atoms with Crippen LogP contribution in [0.4, 0.5) is 0 Å². The van der Waals surface area contributed by atoms with Crippen molar-refractivity contribution in [3.8, 4) is 0 Å². The lowest BCUT2D eigenvalue weighted by Gasteiger charge is -2.38. The zero-order valence-corrected chi connectivity index (χ0v) is 12.7. The molecule has 2 aliphatic rings. The molecule has 3 N–H and O–H groups in total. The molecule has 122 valence electrons. The van der Waals surface area contributed by atoms with Crippen LogP contribution in [-0.2, 0) is 16.0 Å². The Balaban J connectivity index is 1.66. The summed E-state index contributed by atoms with van der Waals surface area (Å²) in [7, 11) is 0. The van der Waals surface area contributed by atoms with Gasteiger partial charge in [-0.15, -0.1) is 0 Å². The van der Waals surface area contributed by atoms with Crippen LogP contribution in [0.3, 0.4) is 0 Å². The lowest BCUT2D eigenvalue weighted by molar-refractivity contribution is -0.121. The number of pyridine rings is 1. The molecule has 2 heterocycles. The van der Waals surface area contributed by atoms with Crippen LogP contribution in [0.2, 0.25) is 0 Å². The van der Waals surface area contributed by atoms with Gasteiger partial charge in [-0.1, -0.05) is 6.07 Å². The maximum atomic E-state index is 12.4. The van der Waals surface area contributed by atoms with Crippen molar-refractivity contribution in [3.63, 3.8) is 0 Å². The van der Waals surface area contributed by atoms with Crippen molar-refractivity contribution in [2.75, 3.05) is 0 Å². The summed E-state index contributed by atoms with van der Waals surface area (Å²) in [5, 5.41) is 16.4. The van der Waals surface area contributed by atoms with Gasteiger partial charge in [-0.25, -0.2) is 5.43 Å². The first-order valence-corrected chi connectivity index (χ1v) is 7.86. The summed E-state index contributed by atoms with van der Waals surface area (Å²) in [6.07, 6.45) is 4.05. The standard InChI is InChI=1S/C16H20N4O3/c21-12-7-10(8-12)14(9-11-3-1-2-6-17-11)18-16(23)13-4-5-15(22)20-19-13/h1-3,6,10,12,14,21H,4-5,7-9H2,(H,18,23)(H,20,22). The molecule has 1 fully saturated rings. The van der Waals surface area contributed by atoms with Gasteiger partial charge in [-0.2, -0.15) is 5.10 Å². The van der Waals surface area contributed by atoms with Gasteiger partial charge in [0.15, 0.2) is 0 Å². The van der Waals surface area contributed by atoms with Crippen LogP contribution in [0.15, 0.2) is 29.5 Å². The van der Waals surface area contributed by atoms with Gasteiger partial charge in [0.1, 0.15) is 5.71 Å². The number of hydrazone groups is 1. The van der Waals surface area contributed by atoms with Gasteiger partial charge in [0, 0.05) is 37.2 Å². The van der Waals surface area contributed by atoms with Crippen molar-refractivity contribution < 1.29 is 14.7 Å². The fourth-order valence-electron chi connectivity index (χ4n) is 2.93. The molecular weight excluding hydrogens is 296 g/mol. The van der Waals surface area contributed by atoms with E-state index in [0.717, 1.165) is 5.69 Å². The van der Waals surface area contributed by atoms with Crippen molar-refractivity contribution in [2.45, 2.75) is 44.2 Å². The van der Waals surface area contributed by atoms with Crippen LogP contribution in [0, 0.1) is 5.92 Å². The highest BCUT2D eigenvalue weighted by atomic mass is 16.3. The average Bonchev–Trinajstić information content (AvgIpc) is 2.53. The molecule has 1 saturated carbocycles. The van der Waals surface area contributed by atoms with E-state index >= 15 is 0 Å². The van der Waals surface area contributed by atoms with Crippen LogP contribution in [0.1, 0.15) is 31.4 Å². The largest absolute Gasteiger partial charge is 0.393 e. The van der Waals surface area contributed by atoms with Crippen LogP contribution in [-0.4, -0.2) is 39.8 Å². The van der Waals surface area contributed by atoms with Crippen molar-refractivity contribution in [1.29, 1.82) is 0 Å². The van der Waals surface area contributed by atoms with Gasteiger partial charge in [0.25, 0.3) is 5.91 Å². The van der Waals surface area contributed by atoms with Gasteiger partial charge < -0.3 is 10.4 Å². The van der Waals surface area contributed by atoms with E-state index in [9.17, 15) is 14.7 Å². The minimum atomic E-state index is -0.283. The quantitative estimate of drug-likeness (QED) is 0.719. The Morgan fingerprint density at radius 2 is 2.22 bits per heavy atom. The predicted molar refractivity (Wildman–Crippen MR) is 83.4 cm³/mol. The third kappa shape index (κ3) is 3.92. The van der Waals surface area contributed by atoms with Crippen molar-refractivity contribution >= 4 is 17.5 Å². The molecule has 3 rings (SSSR count). The average molecular weight is 316 g/mol. The summed E-state index contributed by atoms with van der Waals surface area (Å²) in [6.45, 7) is 0. The van der Waals surface area contributed by atoms with Crippen molar-refractivity contribution in [1.82, 2.24) is 15.7 Å². The zero-order valence-electron chi connectivity index (χ0n) is 12.7. The number of aromatic nitrogens is 1. The fraction of sp³-hybridized carbons (Fsp3) is 0.500. The Morgan fingerprint density at radius 1 is 1.39 bits per heavy atom. The molecule has 23 heavy (non-hydrogen) atoms. The minimum absolute atomic E-state index is 0.0962. The second-order valence-electron chi connectivity index (χ2n) is 6.08. The van der Waals surface area contributed by atoms with E-state index in [1.807, 2.05) is 18.2 Å². The summed E-state index contributed by atoms with van der Waals surface area (Å²) < 4.78 is 0. The van der Waals surface area contributed by atoms with Gasteiger partial charge >= 0.3 is 0 Å². The number of aliphatic hydroxyl groups is 1. The first kappa shape index (κ1) is 15.6. The number of carbonyl (C=O) groups is 2. The lowest BCUT2D eigenvalue weighted by atomic mass is 9.76. The number of aliphatic hydroxyl groups excluding tert-OH is 1. The molecule has 2 amide bonds. The van der Waals surface area contributed by atoms with E-state index in [-0.39, 0.29) is 36.3 Å². The SMILES string of the molecule is O=C1CCC(C(=O)NC(Cc2ccccn2)C2CC(O)C2)=NN1. The number of nitrogens with one attached hydrogen (secondary N) is 2. The topological polar surface area (TPSA) is 104 Å². The first-order valence-electron chi connectivity index (χ1n) is 7.86. The summed E-state index contributed by atoms with van der Waals surface area (Å²) >= 11 is 0. The Hall–Kier alpha value is -2.28. The highest BCUT2D eigenvalue weighted by molar-refractivity contribution is 6.39. The van der Waals surface area contributed by atoms with E-state index in [4.69, 9.17) is 0 Å². The monoisotopic (exact) mass is 316 g/mol. The number of carbonyl (C=O) groups excluding carboxylic acids is 2. The minimum Gasteiger partial charge on any atom is -0.393 e. The fourth-order valence-corrected chi connectivity index (χ4v) is 2.93. The van der Waals surface area contributed by atoms with E-state index in [1.54, 1.807) is 6.20 Å². The molecule has 7 heteroatoms. The van der Waals surface area contributed by atoms with Crippen molar-refractivity contribution in [3.05, 3.63) is 30.1 Å². The maximum absolute atomic E-state index is 12.4. The van der Waals surface area contributed by atoms with E-state index < -0.39 is 0 Å². The molecule has 1 atom stereocenters. The maximum Gasteiger partial charge on any atom is 0.267 e. The third-order valence-corrected chi connectivity index (χ3v) is 4.36. The van der Waals surface area contributed by atoms with Crippen LogP contribution in [0.25, 0.3) is 0 Å². The molecule has 1 aliphatic heterocycles. The molecule has 0 saturated heterocycles. The molecule has 1 aliphatic carbocycles. The van der Waals surface area contributed by atoms with Crippen LogP contribution in [0.5, 0.6) is 0 Å². The van der Waals surface area contributed by atoms with E-state index in [0.29, 0.717) is 31.4 Å². The Bertz CT molecular complexity index is 611. The lowest BCUT2D eigenvalue weighted by Crippen LogP contribution is -2.50. The normalized spacial score (nSPS) is 24.9. The molecule has 0 bridgehead atoms. The third-order valence-electron chi connectivity index (χ3n) is 4.36.